The van der Waals surface area contributed by atoms with Crippen molar-refractivity contribution >= 4 is 17.8 Å². The summed E-state index contributed by atoms with van der Waals surface area (Å²) in [5.74, 6) is 0.891. The van der Waals surface area contributed by atoms with Crippen molar-refractivity contribution in [3.63, 3.8) is 0 Å². The van der Waals surface area contributed by atoms with Crippen LogP contribution in [-0.2, 0) is 6.42 Å². The molecule has 0 spiro atoms. The summed E-state index contributed by atoms with van der Waals surface area (Å²) >= 11 is 0. The number of ether oxygens (including phenoxy) is 1. The highest BCUT2D eigenvalue weighted by molar-refractivity contribution is 5.75. The first-order valence-electron chi connectivity index (χ1n) is 8.29. The molecule has 4 N–H and O–H groups in total. The summed E-state index contributed by atoms with van der Waals surface area (Å²) in [6, 6.07) is 8.45. The Hall–Kier alpha value is -2.88. The number of anilines is 1. The Morgan fingerprint density at radius 2 is 1.88 bits per heavy atom. The topological polar surface area (TPSA) is 75.7 Å². The summed E-state index contributed by atoms with van der Waals surface area (Å²) < 4.78 is 5.70. The smallest absolute Gasteiger partial charge is 0.139 e. The van der Waals surface area contributed by atoms with Gasteiger partial charge in [0.15, 0.2) is 0 Å². The van der Waals surface area contributed by atoms with E-state index in [9.17, 15) is 10.2 Å². The lowest BCUT2D eigenvalue weighted by molar-refractivity contribution is 0.334. The van der Waals surface area contributed by atoms with Crippen LogP contribution in [0.2, 0.25) is 0 Å². The van der Waals surface area contributed by atoms with Gasteiger partial charge in [0.2, 0.25) is 0 Å². The van der Waals surface area contributed by atoms with Crippen LogP contribution in [0.3, 0.4) is 0 Å². The maximum Gasteiger partial charge on any atom is 0.139 e. The van der Waals surface area contributed by atoms with Gasteiger partial charge in [-0.3, -0.25) is 0 Å². The normalized spacial score (nSPS) is 10.8. The maximum absolute atomic E-state index is 10.0. The molecule has 0 aliphatic rings. The number of phenolic OH excluding ortho intramolecular Hbond substituents is 2. The second-order valence-electron chi connectivity index (χ2n) is 6.08. The molecule has 0 bridgehead atoms. The van der Waals surface area contributed by atoms with Crippen LogP contribution in [0.4, 0.5) is 5.69 Å². The molecule has 0 aliphatic carbocycles. The van der Waals surface area contributed by atoms with Gasteiger partial charge in [0.25, 0.3) is 0 Å². The van der Waals surface area contributed by atoms with Crippen LogP contribution in [0, 0.1) is 0 Å². The van der Waals surface area contributed by atoms with Crippen molar-refractivity contribution in [1.82, 2.24) is 0 Å². The van der Waals surface area contributed by atoms with Crippen molar-refractivity contribution in [2.75, 3.05) is 12.3 Å². The van der Waals surface area contributed by atoms with Crippen LogP contribution in [0.25, 0.3) is 12.2 Å². The van der Waals surface area contributed by atoms with E-state index in [1.165, 1.54) is 5.57 Å². The fourth-order valence-electron chi connectivity index (χ4n) is 2.46. The number of hydrogen-bond acceptors (Lipinski definition) is 4. The number of benzene rings is 2. The monoisotopic (exact) mass is 339 g/mol. The third-order valence-corrected chi connectivity index (χ3v) is 3.75. The number of phenols is 2. The lowest BCUT2D eigenvalue weighted by Crippen LogP contribution is -1.98. The standard InChI is InChI=1S/C21H25NO3/c1-4-25-21-13-17(23)12-16(18(21)9-5-14(2)3)8-6-15-7-10-19(22)20(24)11-15/h5-8,10-13,23-24H,4,9,22H2,1-3H3. The van der Waals surface area contributed by atoms with Crippen molar-refractivity contribution in [2.24, 2.45) is 0 Å². The van der Waals surface area contributed by atoms with E-state index in [2.05, 4.69) is 6.08 Å². The number of aromatic hydroxyl groups is 2. The van der Waals surface area contributed by atoms with Gasteiger partial charge in [-0.25, -0.2) is 0 Å². The summed E-state index contributed by atoms with van der Waals surface area (Å²) in [5.41, 5.74) is 9.90. The molecule has 0 saturated carbocycles. The first-order chi connectivity index (χ1) is 11.9. The molecule has 0 saturated heterocycles. The first-order valence-corrected chi connectivity index (χ1v) is 8.29. The summed E-state index contributed by atoms with van der Waals surface area (Å²) in [6.07, 6.45) is 6.61. The van der Waals surface area contributed by atoms with Crippen LogP contribution >= 0.6 is 0 Å². The minimum atomic E-state index is 0.0535. The molecule has 0 radical (unpaired) electrons. The second kappa shape index (κ2) is 8.29. The van der Waals surface area contributed by atoms with Crippen LogP contribution in [-0.4, -0.2) is 16.8 Å². The molecule has 4 nitrogen and oxygen atoms in total. The zero-order chi connectivity index (χ0) is 18.4. The van der Waals surface area contributed by atoms with Crippen LogP contribution in [0.15, 0.2) is 42.0 Å². The SMILES string of the molecule is CCOc1cc(O)cc(C=Cc2ccc(N)c(O)c2)c1CC=C(C)C. The summed E-state index contributed by atoms with van der Waals surface area (Å²) in [4.78, 5) is 0. The molecule has 0 aliphatic heterocycles. The Bertz CT molecular complexity index is 803. The first kappa shape index (κ1) is 18.5. The van der Waals surface area contributed by atoms with Gasteiger partial charge in [-0.1, -0.05) is 29.9 Å². The lowest BCUT2D eigenvalue weighted by atomic mass is 10.00. The third-order valence-electron chi connectivity index (χ3n) is 3.75. The van der Waals surface area contributed by atoms with Crippen LogP contribution in [0.5, 0.6) is 17.2 Å². The molecule has 0 heterocycles. The van der Waals surface area contributed by atoms with Gasteiger partial charge in [0.05, 0.1) is 12.3 Å². The van der Waals surface area contributed by atoms with Crippen LogP contribution in [0.1, 0.15) is 37.5 Å². The van der Waals surface area contributed by atoms with E-state index in [-0.39, 0.29) is 11.5 Å². The molecule has 0 unspecified atom stereocenters. The molecule has 0 fully saturated rings. The van der Waals surface area contributed by atoms with Gasteiger partial charge in [-0.2, -0.15) is 0 Å². The van der Waals surface area contributed by atoms with Gasteiger partial charge in [-0.05, 0) is 56.5 Å². The van der Waals surface area contributed by atoms with E-state index in [4.69, 9.17) is 10.5 Å². The number of rotatable bonds is 6. The second-order valence-corrected chi connectivity index (χ2v) is 6.08. The van der Waals surface area contributed by atoms with Crippen molar-refractivity contribution < 1.29 is 14.9 Å². The van der Waals surface area contributed by atoms with E-state index < -0.39 is 0 Å². The summed E-state index contributed by atoms with van der Waals surface area (Å²) in [7, 11) is 0. The van der Waals surface area contributed by atoms with Gasteiger partial charge in [0.1, 0.15) is 17.2 Å². The number of allylic oxidation sites excluding steroid dienone is 2. The number of hydrogen-bond donors (Lipinski definition) is 3. The average Bonchev–Trinajstić information content (AvgIpc) is 2.55. The third kappa shape index (κ3) is 5.05. The fraction of sp³-hybridized carbons (Fsp3) is 0.238. The number of nitrogens with two attached hydrogens (primary N) is 1. The summed E-state index contributed by atoms with van der Waals surface area (Å²) in [5, 5.41) is 19.7. The molecule has 25 heavy (non-hydrogen) atoms. The molecule has 0 amide bonds. The predicted octanol–water partition coefficient (Wildman–Crippen LogP) is 4.76. The summed E-state index contributed by atoms with van der Waals surface area (Å²) in [6.45, 7) is 6.54. The zero-order valence-electron chi connectivity index (χ0n) is 14.9. The van der Waals surface area contributed by atoms with E-state index in [0.717, 1.165) is 16.7 Å². The van der Waals surface area contributed by atoms with Crippen molar-refractivity contribution in [2.45, 2.75) is 27.2 Å². The molecule has 2 rings (SSSR count). The highest BCUT2D eigenvalue weighted by Gasteiger charge is 2.10. The molecular formula is C21H25NO3. The van der Waals surface area contributed by atoms with Crippen LogP contribution < -0.4 is 10.5 Å². The lowest BCUT2D eigenvalue weighted by Gasteiger charge is -2.13. The van der Waals surface area contributed by atoms with Gasteiger partial charge >= 0.3 is 0 Å². The molecule has 0 atom stereocenters. The van der Waals surface area contributed by atoms with Gasteiger partial charge < -0.3 is 20.7 Å². The maximum atomic E-state index is 10.0. The van der Waals surface area contributed by atoms with E-state index in [1.807, 2.05) is 39.0 Å². The molecule has 0 aromatic heterocycles. The molecular weight excluding hydrogens is 314 g/mol. The van der Waals surface area contributed by atoms with E-state index >= 15 is 0 Å². The van der Waals surface area contributed by atoms with Gasteiger partial charge in [0, 0.05) is 11.6 Å². The largest absolute Gasteiger partial charge is 0.508 e. The van der Waals surface area contributed by atoms with E-state index in [0.29, 0.717) is 24.5 Å². The van der Waals surface area contributed by atoms with Gasteiger partial charge in [-0.15, -0.1) is 0 Å². The fourth-order valence-corrected chi connectivity index (χ4v) is 2.46. The van der Waals surface area contributed by atoms with E-state index in [1.54, 1.807) is 24.3 Å². The minimum absolute atomic E-state index is 0.0535. The minimum Gasteiger partial charge on any atom is -0.508 e. The highest BCUT2D eigenvalue weighted by atomic mass is 16.5. The highest BCUT2D eigenvalue weighted by Crippen LogP contribution is 2.31. The Morgan fingerprint density at radius 1 is 1.12 bits per heavy atom. The Labute approximate surface area is 148 Å². The Balaban J connectivity index is 2.44. The predicted molar refractivity (Wildman–Crippen MR) is 104 cm³/mol. The number of nitrogen functional groups attached to an aromatic ring is 1. The molecule has 132 valence electrons. The van der Waals surface area contributed by atoms with Crippen molar-refractivity contribution in [3.05, 3.63) is 58.7 Å². The molecule has 4 heteroatoms. The molecule has 2 aromatic rings. The quantitative estimate of drug-likeness (QED) is 0.307. The molecule has 2 aromatic carbocycles. The van der Waals surface area contributed by atoms with Crippen molar-refractivity contribution in [3.8, 4) is 17.2 Å². The Morgan fingerprint density at radius 3 is 2.52 bits per heavy atom. The Kier molecular flexibility index (Phi) is 6.12. The zero-order valence-corrected chi connectivity index (χ0v) is 14.9. The van der Waals surface area contributed by atoms with Crippen molar-refractivity contribution in [1.29, 1.82) is 0 Å². The average molecular weight is 339 g/mol.